The van der Waals surface area contributed by atoms with E-state index in [1.165, 1.54) is 22.4 Å². The number of hydrogen-bond donors (Lipinski definition) is 3. The van der Waals surface area contributed by atoms with E-state index in [9.17, 15) is 0 Å². The first-order valence-electron chi connectivity index (χ1n) is 4.49. The minimum atomic E-state index is -0.445. The molecule has 5 heteroatoms. The van der Waals surface area contributed by atoms with Crippen molar-refractivity contribution in [3.8, 4) is 0 Å². The van der Waals surface area contributed by atoms with Gasteiger partial charge in [-0.15, -0.1) is 19.2 Å². The second-order valence-electron chi connectivity index (χ2n) is 3.21. The van der Waals surface area contributed by atoms with Crippen LogP contribution in [0.2, 0.25) is 0 Å². The molecule has 1 aromatic carbocycles. The third kappa shape index (κ3) is 2.15. The molecule has 1 aromatic rings. The Labute approximate surface area is 104 Å². The molecule has 15 heavy (non-hydrogen) atoms. The third-order valence-corrected chi connectivity index (χ3v) is 4.77. The van der Waals surface area contributed by atoms with Gasteiger partial charge in [0.15, 0.2) is 3.54 Å². The number of nitrogens with two attached hydrogens (primary N) is 1. The van der Waals surface area contributed by atoms with E-state index in [0.717, 1.165) is 12.1 Å². The minimum absolute atomic E-state index is 0.445. The number of benzene rings is 1. The smallest absolute Gasteiger partial charge is 0.194 e. The van der Waals surface area contributed by atoms with Crippen LogP contribution in [0.4, 0.5) is 5.69 Å². The topological polar surface area (TPSA) is 38.0 Å². The number of thioether (sulfide) groups is 1. The van der Waals surface area contributed by atoms with Crippen LogP contribution in [0.5, 0.6) is 0 Å². The van der Waals surface area contributed by atoms with E-state index in [2.05, 4.69) is 36.7 Å². The van der Waals surface area contributed by atoms with E-state index in [4.69, 9.17) is 5.14 Å². The maximum atomic E-state index is 5.61. The van der Waals surface area contributed by atoms with Gasteiger partial charge in [0.2, 0.25) is 0 Å². The summed E-state index contributed by atoms with van der Waals surface area (Å²) in [4.78, 5) is 1.20. The minimum Gasteiger partial charge on any atom is -0.352 e. The molecule has 1 unspecified atom stereocenters. The fourth-order valence-corrected chi connectivity index (χ4v) is 3.43. The molecule has 1 aliphatic rings. The molecule has 1 atom stereocenters. The summed E-state index contributed by atoms with van der Waals surface area (Å²) >= 11 is 7.35. The number of anilines is 1. The van der Waals surface area contributed by atoms with Gasteiger partial charge in [0.05, 0.1) is 5.69 Å². The molecule has 0 amide bonds. The summed E-state index contributed by atoms with van der Waals surface area (Å²) in [5, 5.41) is 8.94. The van der Waals surface area contributed by atoms with Crippen LogP contribution in [0.25, 0.3) is 0 Å². The maximum Gasteiger partial charge on any atom is 0.194 e. The zero-order valence-electron chi connectivity index (χ0n) is 8.06. The quantitative estimate of drug-likeness (QED) is 0.336. The Morgan fingerprint density at radius 1 is 1.67 bits per heavy atom. The van der Waals surface area contributed by atoms with Crippen molar-refractivity contribution in [1.82, 2.24) is 0 Å². The van der Waals surface area contributed by atoms with Gasteiger partial charge < -0.3 is 5.32 Å². The van der Waals surface area contributed by atoms with Crippen molar-refractivity contribution in [2.75, 3.05) is 5.32 Å². The predicted octanol–water partition coefficient (Wildman–Crippen LogP) is 3.08. The Hall–Kier alpha value is -0.230. The molecular weight excluding hydrogens is 244 g/mol. The number of hydrogen-bond acceptors (Lipinski definition) is 5. The van der Waals surface area contributed by atoms with Crippen molar-refractivity contribution in [1.29, 1.82) is 0 Å². The predicted molar refractivity (Wildman–Crippen MR) is 73.3 cm³/mol. The molecule has 0 aliphatic carbocycles. The maximum absolute atomic E-state index is 5.61. The lowest BCUT2D eigenvalue weighted by Crippen LogP contribution is -2.21. The van der Waals surface area contributed by atoms with Gasteiger partial charge in [-0.2, -0.15) is 0 Å². The van der Waals surface area contributed by atoms with Crippen molar-refractivity contribution in [2.24, 2.45) is 5.14 Å². The number of thiol groups is 1. The van der Waals surface area contributed by atoms with Gasteiger partial charge in [-0.25, -0.2) is 0 Å². The van der Waals surface area contributed by atoms with Crippen molar-refractivity contribution >= 4 is 42.0 Å². The number of rotatable bonds is 3. The summed E-state index contributed by atoms with van der Waals surface area (Å²) in [7, 11) is 0. The van der Waals surface area contributed by atoms with Crippen LogP contribution >= 0.6 is 36.3 Å². The van der Waals surface area contributed by atoms with Gasteiger partial charge in [0.1, 0.15) is 0 Å². The largest absolute Gasteiger partial charge is 0.352 e. The second kappa shape index (κ2) is 4.33. The Balaban J connectivity index is 2.36. The highest BCUT2D eigenvalue weighted by atomic mass is 32.3. The molecule has 0 aromatic heterocycles. The molecule has 3 N–H and O–H groups in total. The summed E-state index contributed by atoms with van der Waals surface area (Å²) in [6.45, 7) is 3.75. The van der Waals surface area contributed by atoms with E-state index in [0.29, 0.717) is 0 Å². The zero-order valence-corrected chi connectivity index (χ0v) is 10.6. The Morgan fingerprint density at radius 2 is 2.47 bits per heavy atom. The van der Waals surface area contributed by atoms with Crippen LogP contribution in [0.1, 0.15) is 5.56 Å². The first-order chi connectivity index (χ1) is 7.18. The van der Waals surface area contributed by atoms with Crippen LogP contribution in [-0.4, -0.2) is 3.54 Å². The third-order valence-electron chi connectivity index (χ3n) is 2.17. The average Bonchev–Trinajstić information content (AvgIpc) is 2.57. The summed E-state index contributed by atoms with van der Waals surface area (Å²) in [6, 6.07) is 6.22. The first kappa shape index (κ1) is 11.3. The molecule has 80 valence electrons. The fraction of sp³-hybridized carbons (Fsp3) is 0.200. The fourth-order valence-electron chi connectivity index (χ4n) is 1.52. The lowest BCUT2D eigenvalue weighted by atomic mass is 10.1. The van der Waals surface area contributed by atoms with Crippen LogP contribution in [-0.2, 0) is 6.42 Å². The summed E-state index contributed by atoms with van der Waals surface area (Å²) in [5.41, 5.74) is 2.37. The summed E-state index contributed by atoms with van der Waals surface area (Å²) in [6.07, 6.45) is 2.76. The number of para-hydroxylation sites is 1. The highest BCUT2D eigenvalue weighted by Gasteiger charge is 2.35. The second-order valence-corrected chi connectivity index (χ2v) is 6.85. The van der Waals surface area contributed by atoms with Crippen LogP contribution < -0.4 is 10.5 Å². The molecule has 0 bridgehead atoms. The lowest BCUT2D eigenvalue weighted by molar-refractivity contribution is 1.22. The van der Waals surface area contributed by atoms with Gasteiger partial charge in [-0.05, 0) is 30.0 Å². The van der Waals surface area contributed by atoms with Gasteiger partial charge in [0, 0.05) is 4.90 Å². The first-order valence-corrected chi connectivity index (χ1v) is 6.63. The van der Waals surface area contributed by atoms with Crippen LogP contribution in [0.15, 0.2) is 35.7 Å². The molecule has 2 nitrogen and oxygen atoms in total. The standard InChI is InChI=1S/C10H12N2S3/c1-2-4-7-5-3-6-8-9(7)12-10(13,14-8)15-11/h2-3,5-6,12-13H,1,4,11H2. The Morgan fingerprint density at radius 3 is 3.13 bits per heavy atom. The zero-order chi connectivity index (χ0) is 10.9. The molecule has 0 saturated heterocycles. The van der Waals surface area contributed by atoms with Gasteiger partial charge >= 0.3 is 0 Å². The molecule has 0 fully saturated rings. The van der Waals surface area contributed by atoms with Crippen molar-refractivity contribution in [2.45, 2.75) is 14.9 Å². The highest BCUT2D eigenvalue weighted by molar-refractivity contribution is 8.29. The molecule has 0 spiro atoms. The van der Waals surface area contributed by atoms with Gasteiger partial charge in [-0.3, -0.25) is 5.14 Å². The van der Waals surface area contributed by atoms with Crippen LogP contribution in [0.3, 0.4) is 0 Å². The Kier molecular flexibility index (Phi) is 3.25. The molecule has 2 rings (SSSR count). The van der Waals surface area contributed by atoms with E-state index in [1.54, 1.807) is 11.8 Å². The summed E-state index contributed by atoms with van der Waals surface area (Å²) < 4.78 is -0.445. The molecule has 1 aliphatic heterocycles. The van der Waals surface area contributed by atoms with Crippen molar-refractivity contribution in [3.05, 3.63) is 36.4 Å². The van der Waals surface area contributed by atoms with Gasteiger partial charge in [-0.1, -0.05) is 30.0 Å². The van der Waals surface area contributed by atoms with E-state index in [1.807, 2.05) is 12.1 Å². The van der Waals surface area contributed by atoms with E-state index >= 15 is 0 Å². The lowest BCUT2D eigenvalue weighted by Gasteiger charge is -2.19. The molecule has 0 radical (unpaired) electrons. The van der Waals surface area contributed by atoms with E-state index in [-0.39, 0.29) is 0 Å². The molecule has 0 saturated carbocycles. The normalized spacial score (nSPS) is 23.3. The Bertz CT molecular complexity index is 394. The molecule has 1 heterocycles. The SMILES string of the molecule is C=CCc1cccc2c1NC(S)(SN)S2. The summed E-state index contributed by atoms with van der Waals surface area (Å²) in [5.74, 6) is 0. The average molecular weight is 256 g/mol. The van der Waals surface area contributed by atoms with Crippen LogP contribution in [0, 0.1) is 0 Å². The number of allylic oxidation sites excluding steroid dienone is 1. The van der Waals surface area contributed by atoms with Crippen molar-refractivity contribution in [3.63, 3.8) is 0 Å². The number of fused-ring (bicyclic) bond motifs is 1. The molecular formula is C10H12N2S3. The highest BCUT2D eigenvalue weighted by Crippen LogP contribution is 2.52. The number of nitrogens with one attached hydrogen (secondary N) is 1. The van der Waals surface area contributed by atoms with E-state index < -0.39 is 3.54 Å². The van der Waals surface area contributed by atoms with Crippen molar-refractivity contribution < 1.29 is 0 Å². The monoisotopic (exact) mass is 256 g/mol. The van der Waals surface area contributed by atoms with Gasteiger partial charge in [0.25, 0.3) is 0 Å².